The fourth-order valence-corrected chi connectivity index (χ4v) is 1.57. The highest BCUT2D eigenvalue weighted by Gasteiger charge is 2.23. The highest BCUT2D eigenvalue weighted by molar-refractivity contribution is 5.73. The number of aliphatic hydroxyl groups is 1. The van der Waals surface area contributed by atoms with Gasteiger partial charge in [0, 0.05) is 25.9 Å². The van der Waals surface area contributed by atoms with E-state index in [1.165, 1.54) is 0 Å². The molecule has 1 N–H and O–H groups in total. The van der Waals surface area contributed by atoms with E-state index in [0.717, 1.165) is 19.5 Å². The molecule has 1 atom stereocenters. The van der Waals surface area contributed by atoms with E-state index < -0.39 is 0 Å². The molecule has 0 saturated carbocycles. The Morgan fingerprint density at radius 3 is 3.00 bits per heavy atom. The zero-order chi connectivity index (χ0) is 9.68. The van der Waals surface area contributed by atoms with Crippen LogP contribution in [0.4, 0.5) is 0 Å². The topological polar surface area (TPSA) is 49.8 Å². The Kier molecular flexibility index (Phi) is 4.18. The number of ether oxygens (including phenoxy) is 1. The molecule has 76 valence electrons. The summed E-state index contributed by atoms with van der Waals surface area (Å²) in [5.41, 5.74) is 0. The number of hydrogen-bond donors (Lipinski definition) is 1. The van der Waals surface area contributed by atoms with Gasteiger partial charge in [-0.2, -0.15) is 0 Å². The van der Waals surface area contributed by atoms with Crippen LogP contribution < -0.4 is 0 Å². The summed E-state index contributed by atoms with van der Waals surface area (Å²) in [7, 11) is 0. The van der Waals surface area contributed by atoms with Gasteiger partial charge in [0.1, 0.15) is 0 Å². The minimum absolute atomic E-state index is 0.0726. The minimum atomic E-state index is 0.0726. The van der Waals surface area contributed by atoms with Crippen LogP contribution in [0.25, 0.3) is 0 Å². The van der Waals surface area contributed by atoms with Crippen molar-refractivity contribution in [2.24, 2.45) is 5.92 Å². The van der Waals surface area contributed by atoms with Crippen LogP contribution in [-0.2, 0) is 9.53 Å². The van der Waals surface area contributed by atoms with Crippen molar-refractivity contribution >= 4 is 5.91 Å². The van der Waals surface area contributed by atoms with Gasteiger partial charge in [0.2, 0.25) is 5.91 Å². The van der Waals surface area contributed by atoms with Crippen LogP contribution in [0.15, 0.2) is 0 Å². The Labute approximate surface area is 78.5 Å². The van der Waals surface area contributed by atoms with Crippen LogP contribution in [0, 0.1) is 5.92 Å². The number of likely N-dealkylation sites (tertiary alicyclic amines) is 1. The van der Waals surface area contributed by atoms with Gasteiger partial charge >= 0.3 is 0 Å². The lowest BCUT2D eigenvalue weighted by atomic mass is 10.1. The van der Waals surface area contributed by atoms with Gasteiger partial charge in [-0.15, -0.1) is 0 Å². The van der Waals surface area contributed by atoms with Gasteiger partial charge < -0.3 is 14.7 Å². The zero-order valence-electron chi connectivity index (χ0n) is 8.03. The second kappa shape index (κ2) is 5.19. The van der Waals surface area contributed by atoms with Gasteiger partial charge in [-0.25, -0.2) is 0 Å². The maximum Gasteiger partial charge on any atom is 0.219 e. The van der Waals surface area contributed by atoms with Gasteiger partial charge in [0.05, 0.1) is 19.8 Å². The Hall–Kier alpha value is -0.610. The molecule has 0 aromatic rings. The molecule has 0 bridgehead atoms. The molecule has 1 heterocycles. The number of nitrogens with zero attached hydrogens (tertiary/aromatic N) is 1. The van der Waals surface area contributed by atoms with Crippen LogP contribution in [-0.4, -0.2) is 48.8 Å². The third-order valence-corrected chi connectivity index (χ3v) is 2.32. The Bertz CT molecular complexity index is 172. The molecule has 0 radical (unpaired) electrons. The molecule has 4 heteroatoms. The summed E-state index contributed by atoms with van der Waals surface area (Å²) in [6.07, 6.45) is 1.02. The molecule has 1 aliphatic rings. The number of rotatable bonds is 4. The molecule has 13 heavy (non-hydrogen) atoms. The molecule has 1 aliphatic heterocycles. The second-order valence-corrected chi connectivity index (χ2v) is 3.42. The molecule has 4 nitrogen and oxygen atoms in total. The van der Waals surface area contributed by atoms with Crippen molar-refractivity contribution in [3.63, 3.8) is 0 Å². The second-order valence-electron chi connectivity index (χ2n) is 3.42. The quantitative estimate of drug-likeness (QED) is 0.623. The number of carbonyl (C=O) groups excluding carboxylic acids is 1. The predicted molar refractivity (Wildman–Crippen MR) is 48.3 cm³/mol. The van der Waals surface area contributed by atoms with E-state index in [9.17, 15) is 4.79 Å². The maximum atomic E-state index is 11.0. The fourth-order valence-electron chi connectivity index (χ4n) is 1.57. The first-order valence-corrected chi connectivity index (χ1v) is 4.68. The van der Waals surface area contributed by atoms with E-state index in [-0.39, 0.29) is 12.5 Å². The number of hydrogen-bond acceptors (Lipinski definition) is 3. The smallest absolute Gasteiger partial charge is 0.219 e. The van der Waals surface area contributed by atoms with Crippen LogP contribution >= 0.6 is 0 Å². The van der Waals surface area contributed by atoms with Crippen molar-refractivity contribution in [3.05, 3.63) is 0 Å². The summed E-state index contributed by atoms with van der Waals surface area (Å²) in [5, 5.41) is 8.49. The summed E-state index contributed by atoms with van der Waals surface area (Å²) < 4.78 is 5.21. The highest BCUT2D eigenvalue weighted by Crippen LogP contribution is 2.16. The van der Waals surface area contributed by atoms with Crippen molar-refractivity contribution in [1.82, 2.24) is 4.90 Å². The predicted octanol–water partition coefficient (Wildman–Crippen LogP) is -0.136. The molecule has 0 aromatic heterocycles. The Morgan fingerprint density at radius 2 is 2.46 bits per heavy atom. The standard InChI is InChI=1S/C9H17NO3/c1-8(12)10-3-2-9(6-10)7-13-5-4-11/h9,11H,2-7H2,1H3. The summed E-state index contributed by atoms with van der Waals surface area (Å²) in [4.78, 5) is 12.8. The van der Waals surface area contributed by atoms with E-state index in [2.05, 4.69) is 0 Å². The van der Waals surface area contributed by atoms with E-state index in [0.29, 0.717) is 19.1 Å². The molecule has 1 fully saturated rings. The van der Waals surface area contributed by atoms with Crippen LogP contribution in [0.2, 0.25) is 0 Å². The SMILES string of the molecule is CC(=O)N1CCC(COCCO)C1. The molecule has 0 aromatic carbocycles. The molecular weight excluding hydrogens is 170 g/mol. The molecule has 1 saturated heterocycles. The van der Waals surface area contributed by atoms with Crippen LogP contribution in [0.5, 0.6) is 0 Å². The first-order chi connectivity index (χ1) is 6.24. The normalized spacial score (nSPS) is 22.3. The van der Waals surface area contributed by atoms with Crippen molar-refractivity contribution < 1.29 is 14.6 Å². The largest absolute Gasteiger partial charge is 0.394 e. The summed E-state index contributed by atoms with van der Waals surface area (Å²) in [5.74, 6) is 0.597. The van der Waals surface area contributed by atoms with Crippen LogP contribution in [0.3, 0.4) is 0 Å². The molecule has 1 rings (SSSR count). The molecule has 1 amide bonds. The number of amides is 1. The Morgan fingerprint density at radius 1 is 1.69 bits per heavy atom. The summed E-state index contributed by atoms with van der Waals surface area (Å²) >= 11 is 0. The lowest BCUT2D eigenvalue weighted by Crippen LogP contribution is -2.26. The average molecular weight is 187 g/mol. The molecular formula is C9H17NO3. The first-order valence-electron chi connectivity index (χ1n) is 4.68. The van der Waals surface area contributed by atoms with E-state index >= 15 is 0 Å². The number of aliphatic hydroxyl groups excluding tert-OH is 1. The summed E-state index contributed by atoms with van der Waals surface area (Å²) in [6.45, 7) is 4.38. The van der Waals surface area contributed by atoms with Crippen molar-refractivity contribution in [1.29, 1.82) is 0 Å². The van der Waals surface area contributed by atoms with Crippen LogP contribution in [0.1, 0.15) is 13.3 Å². The first kappa shape index (κ1) is 10.5. The van der Waals surface area contributed by atoms with Gasteiger partial charge in [-0.05, 0) is 6.42 Å². The van der Waals surface area contributed by atoms with Gasteiger partial charge in [0.15, 0.2) is 0 Å². The van der Waals surface area contributed by atoms with E-state index in [1.807, 2.05) is 4.90 Å². The molecule has 1 unspecified atom stereocenters. The van der Waals surface area contributed by atoms with Crippen molar-refractivity contribution in [2.75, 3.05) is 32.9 Å². The monoisotopic (exact) mass is 187 g/mol. The number of carbonyl (C=O) groups is 1. The van der Waals surface area contributed by atoms with Gasteiger partial charge in [0.25, 0.3) is 0 Å². The van der Waals surface area contributed by atoms with E-state index in [4.69, 9.17) is 9.84 Å². The average Bonchev–Trinajstić information content (AvgIpc) is 2.53. The molecule has 0 spiro atoms. The minimum Gasteiger partial charge on any atom is -0.394 e. The Balaban J connectivity index is 2.14. The summed E-state index contributed by atoms with van der Waals surface area (Å²) in [6, 6.07) is 0. The zero-order valence-corrected chi connectivity index (χ0v) is 8.03. The lowest BCUT2D eigenvalue weighted by molar-refractivity contribution is -0.128. The third-order valence-electron chi connectivity index (χ3n) is 2.32. The fraction of sp³-hybridized carbons (Fsp3) is 0.889. The highest BCUT2D eigenvalue weighted by atomic mass is 16.5. The van der Waals surface area contributed by atoms with Gasteiger partial charge in [-0.3, -0.25) is 4.79 Å². The molecule has 0 aliphatic carbocycles. The van der Waals surface area contributed by atoms with E-state index in [1.54, 1.807) is 6.92 Å². The lowest BCUT2D eigenvalue weighted by Gasteiger charge is -2.13. The maximum absolute atomic E-state index is 11.0. The third kappa shape index (κ3) is 3.32. The van der Waals surface area contributed by atoms with Crippen molar-refractivity contribution in [3.8, 4) is 0 Å². The van der Waals surface area contributed by atoms with Gasteiger partial charge in [-0.1, -0.05) is 0 Å². The van der Waals surface area contributed by atoms with Crippen molar-refractivity contribution in [2.45, 2.75) is 13.3 Å².